The molecule has 0 aliphatic heterocycles. The number of hydrogen-bond acceptors (Lipinski definition) is 4. The molecule has 3 heterocycles. The third kappa shape index (κ3) is 2.96. The van der Waals surface area contributed by atoms with Crippen molar-refractivity contribution in [1.29, 1.82) is 0 Å². The maximum absolute atomic E-state index is 12.9. The maximum Gasteiger partial charge on any atom is 0.350 e. The Hall–Kier alpha value is -3.42. The quantitative estimate of drug-likeness (QED) is 0.586. The summed E-state index contributed by atoms with van der Waals surface area (Å²) in [5, 5.41) is 12.5. The number of pyridine rings is 1. The van der Waals surface area contributed by atoms with Crippen LogP contribution in [0.3, 0.4) is 0 Å². The molecule has 0 fully saturated rings. The van der Waals surface area contributed by atoms with E-state index in [0.717, 1.165) is 22.0 Å². The van der Waals surface area contributed by atoms with Gasteiger partial charge >= 0.3 is 5.69 Å². The maximum atomic E-state index is 12.9. The number of carbonyl (C=O) groups is 1. The van der Waals surface area contributed by atoms with Crippen LogP contribution in [-0.2, 0) is 13.6 Å². The number of nitrogens with one attached hydrogen (secondary N) is 1. The summed E-state index contributed by atoms with van der Waals surface area (Å²) in [6, 6.07) is 8.06. The van der Waals surface area contributed by atoms with Gasteiger partial charge in [-0.25, -0.2) is 13.9 Å². The number of rotatable bonds is 4. The van der Waals surface area contributed by atoms with Crippen molar-refractivity contribution >= 4 is 22.5 Å². The Kier molecular flexibility index (Phi) is 4.26. The predicted molar refractivity (Wildman–Crippen MR) is 107 cm³/mol. The molecular weight excluding hydrogens is 356 g/mol. The van der Waals surface area contributed by atoms with Gasteiger partial charge in [-0.15, -0.1) is 5.10 Å². The molecule has 8 heteroatoms. The number of aromatic nitrogens is 5. The number of carbonyl (C=O) groups excluding carboxylic acids is 1. The average molecular weight is 378 g/mol. The fourth-order valence-electron chi connectivity index (χ4n) is 3.49. The summed E-state index contributed by atoms with van der Waals surface area (Å²) in [6.07, 6.45) is 1.68. The molecule has 1 N–H and O–H groups in total. The lowest BCUT2D eigenvalue weighted by Crippen LogP contribution is -2.31. The van der Waals surface area contributed by atoms with E-state index in [1.165, 1.54) is 4.68 Å². The summed E-state index contributed by atoms with van der Waals surface area (Å²) in [5.74, 6) is -0.209. The minimum Gasteiger partial charge on any atom is -0.350 e. The van der Waals surface area contributed by atoms with Crippen LogP contribution < -0.4 is 11.0 Å². The van der Waals surface area contributed by atoms with Crippen LogP contribution >= 0.6 is 0 Å². The van der Waals surface area contributed by atoms with Crippen LogP contribution in [0.5, 0.6) is 0 Å². The van der Waals surface area contributed by atoms with Crippen molar-refractivity contribution < 1.29 is 4.79 Å². The molecule has 1 amide bonds. The van der Waals surface area contributed by atoms with Gasteiger partial charge in [0.15, 0.2) is 5.65 Å². The largest absolute Gasteiger partial charge is 0.350 e. The van der Waals surface area contributed by atoms with Crippen LogP contribution in [0.2, 0.25) is 0 Å². The van der Waals surface area contributed by atoms with Crippen LogP contribution in [-0.4, -0.2) is 36.4 Å². The summed E-state index contributed by atoms with van der Waals surface area (Å²) >= 11 is 0. The highest BCUT2D eigenvalue weighted by atomic mass is 16.2. The van der Waals surface area contributed by atoms with Crippen LogP contribution in [0.15, 0.2) is 35.3 Å². The number of fused-ring (bicyclic) bond motifs is 3. The van der Waals surface area contributed by atoms with Crippen LogP contribution in [0, 0.1) is 20.8 Å². The predicted octanol–water partition coefficient (Wildman–Crippen LogP) is 1.74. The van der Waals surface area contributed by atoms with Gasteiger partial charge in [0.1, 0.15) is 0 Å². The van der Waals surface area contributed by atoms with E-state index in [1.54, 1.807) is 29.3 Å². The van der Waals surface area contributed by atoms with Gasteiger partial charge in [-0.1, -0.05) is 12.1 Å². The second-order valence-electron chi connectivity index (χ2n) is 7.11. The number of aryl methyl sites for hydroxylation is 4. The Balaban J connectivity index is 1.62. The van der Waals surface area contributed by atoms with E-state index in [4.69, 9.17) is 0 Å². The number of hydrogen-bond donors (Lipinski definition) is 1. The Morgan fingerprint density at radius 3 is 2.64 bits per heavy atom. The van der Waals surface area contributed by atoms with Gasteiger partial charge in [0.05, 0.1) is 23.3 Å². The van der Waals surface area contributed by atoms with E-state index < -0.39 is 0 Å². The molecular formula is C20H22N6O2. The first-order chi connectivity index (χ1) is 13.3. The van der Waals surface area contributed by atoms with E-state index in [0.29, 0.717) is 23.4 Å². The first-order valence-electron chi connectivity index (χ1n) is 9.13. The van der Waals surface area contributed by atoms with Crippen molar-refractivity contribution in [1.82, 2.24) is 29.3 Å². The zero-order valence-electron chi connectivity index (χ0n) is 16.4. The topological polar surface area (TPSA) is 86.2 Å². The molecule has 0 saturated carbocycles. The lowest BCUT2D eigenvalue weighted by Gasteiger charge is -2.04. The fraction of sp³-hybridized carbons (Fsp3) is 0.300. The monoisotopic (exact) mass is 378 g/mol. The Labute approximate surface area is 161 Å². The molecule has 0 atom stereocenters. The third-order valence-electron chi connectivity index (χ3n) is 4.86. The highest BCUT2D eigenvalue weighted by Gasteiger charge is 2.15. The average Bonchev–Trinajstić information content (AvgIpc) is 3.15. The molecule has 144 valence electrons. The van der Waals surface area contributed by atoms with Gasteiger partial charge < -0.3 is 5.32 Å². The van der Waals surface area contributed by atoms with Crippen LogP contribution in [0.25, 0.3) is 16.6 Å². The number of nitrogens with zero attached hydrogens (tertiary/aromatic N) is 5. The standard InChI is InChI=1S/C20H22N6O2/c1-12-5-6-15-10-13(2)18-23-25(20(28)26(18)17(15)9-12)8-7-21-19(27)16-11-24(4)22-14(16)3/h5-6,9-11H,7-8H2,1-4H3,(H,21,27). The second kappa shape index (κ2) is 6.63. The Bertz CT molecular complexity index is 1280. The SMILES string of the molecule is Cc1ccc2cc(C)c3nn(CCNC(=O)c4cn(C)nc4C)c(=O)n3c2c1. The first kappa shape index (κ1) is 18.0. The lowest BCUT2D eigenvalue weighted by atomic mass is 10.1. The molecule has 28 heavy (non-hydrogen) atoms. The molecule has 0 aliphatic carbocycles. The molecule has 0 bridgehead atoms. The summed E-state index contributed by atoms with van der Waals surface area (Å²) in [7, 11) is 1.77. The fourth-order valence-corrected chi connectivity index (χ4v) is 3.49. The van der Waals surface area contributed by atoms with Crippen molar-refractivity contribution in [2.45, 2.75) is 27.3 Å². The van der Waals surface area contributed by atoms with Crippen molar-refractivity contribution in [3.63, 3.8) is 0 Å². The van der Waals surface area contributed by atoms with Crippen molar-refractivity contribution in [3.05, 3.63) is 63.3 Å². The van der Waals surface area contributed by atoms with Crippen molar-refractivity contribution in [3.8, 4) is 0 Å². The zero-order valence-corrected chi connectivity index (χ0v) is 16.4. The first-order valence-corrected chi connectivity index (χ1v) is 9.13. The molecule has 8 nitrogen and oxygen atoms in total. The van der Waals surface area contributed by atoms with Gasteiger partial charge in [0.2, 0.25) is 0 Å². The van der Waals surface area contributed by atoms with Crippen LogP contribution in [0.1, 0.15) is 27.2 Å². The van der Waals surface area contributed by atoms with Gasteiger partial charge in [0, 0.05) is 19.8 Å². The van der Waals surface area contributed by atoms with Gasteiger partial charge in [-0.05, 0) is 49.4 Å². The van der Waals surface area contributed by atoms with E-state index in [9.17, 15) is 9.59 Å². The molecule has 0 spiro atoms. The van der Waals surface area contributed by atoms with E-state index >= 15 is 0 Å². The summed E-state index contributed by atoms with van der Waals surface area (Å²) in [4.78, 5) is 25.3. The minimum absolute atomic E-state index is 0.207. The Morgan fingerprint density at radius 1 is 1.14 bits per heavy atom. The number of amides is 1. The van der Waals surface area contributed by atoms with Gasteiger partial charge in [0.25, 0.3) is 5.91 Å². The highest BCUT2D eigenvalue weighted by molar-refractivity contribution is 5.95. The second-order valence-corrected chi connectivity index (χ2v) is 7.11. The van der Waals surface area contributed by atoms with Crippen molar-refractivity contribution in [2.24, 2.45) is 7.05 Å². The van der Waals surface area contributed by atoms with E-state index in [-0.39, 0.29) is 18.1 Å². The van der Waals surface area contributed by atoms with Gasteiger partial charge in [-0.3, -0.25) is 9.48 Å². The molecule has 4 aromatic rings. The molecule has 0 saturated heterocycles. The van der Waals surface area contributed by atoms with Crippen molar-refractivity contribution in [2.75, 3.05) is 6.54 Å². The summed E-state index contributed by atoms with van der Waals surface area (Å²) in [5.41, 5.74) is 4.48. The van der Waals surface area contributed by atoms with E-state index in [1.807, 2.05) is 38.1 Å². The minimum atomic E-state index is -0.209. The third-order valence-corrected chi connectivity index (χ3v) is 4.86. The molecule has 3 aromatic heterocycles. The van der Waals surface area contributed by atoms with Crippen LogP contribution in [0.4, 0.5) is 0 Å². The highest BCUT2D eigenvalue weighted by Crippen LogP contribution is 2.19. The normalized spacial score (nSPS) is 11.4. The summed E-state index contributed by atoms with van der Waals surface area (Å²) in [6.45, 7) is 6.32. The zero-order chi connectivity index (χ0) is 20.0. The molecule has 0 radical (unpaired) electrons. The number of benzene rings is 1. The smallest absolute Gasteiger partial charge is 0.350 e. The molecule has 1 aromatic carbocycles. The van der Waals surface area contributed by atoms with Gasteiger partial charge in [-0.2, -0.15) is 5.10 Å². The molecule has 0 aliphatic rings. The molecule has 0 unspecified atom stereocenters. The molecule has 4 rings (SSSR count). The lowest BCUT2D eigenvalue weighted by molar-refractivity contribution is 0.0951. The Morgan fingerprint density at radius 2 is 1.93 bits per heavy atom. The van der Waals surface area contributed by atoms with E-state index in [2.05, 4.69) is 15.5 Å². The summed E-state index contributed by atoms with van der Waals surface area (Å²) < 4.78 is 4.65.